The third kappa shape index (κ3) is 3.39. The number of epoxide rings is 1. The molecule has 1 N–H and O–H groups in total. The van der Waals surface area contributed by atoms with Gasteiger partial charge in [-0.25, -0.2) is 4.79 Å². The molecule has 1 aromatic rings. The first kappa shape index (κ1) is 28.5. The fourth-order valence-electron chi connectivity index (χ4n) is 6.42. The van der Waals surface area contributed by atoms with E-state index in [4.69, 9.17) is 23.4 Å². The highest BCUT2D eigenvalue weighted by Gasteiger charge is 2.93. The normalized spacial score (nSPS) is 33.5. The molecule has 0 radical (unpaired) electrons. The van der Waals surface area contributed by atoms with E-state index in [1.807, 2.05) is 19.1 Å². The highest BCUT2D eigenvalue weighted by Crippen LogP contribution is 2.77. The largest absolute Gasteiger partial charge is 0.543 e. The zero-order valence-electron chi connectivity index (χ0n) is 24.4. The molecule has 0 aromatic heterocycles. The van der Waals surface area contributed by atoms with Gasteiger partial charge in [0.05, 0.1) is 11.9 Å². The first-order valence-corrected chi connectivity index (χ1v) is 16.3. The minimum absolute atomic E-state index is 0.0579. The Morgan fingerprint density at radius 3 is 2.52 bits per heavy atom. The van der Waals surface area contributed by atoms with Crippen LogP contribution in [0.4, 0.5) is 10.5 Å². The molecule has 1 aromatic carbocycles. The van der Waals surface area contributed by atoms with Crippen molar-refractivity contribution >= 4 is 20.1 Å². The lowest BCUT2D eigenvalue weighted by molar-refractivity contribution is -0.316. The van der Waals surface area contributed by atoms with Gasteiger partial charge >= 0.3 is 6.09 Å². The van der Waals surface area contributed by atoms with Crippen molar-refractivity contribution in [3.8, 4) is 29.4 Å². The van der Waals surface area contributed by atoms with E-state index < -0.39 is 43.0 Å². The van der Waals surface area contributed by atoms with Crippen LogP contribution in [0.5, 0.6) is 5.75 Å². The maximum Gasteiger partial charge on any atom is 0.420 e. The highest BCUT2D eigenvalue weighted by molar-refractivity contribution is 6.74. The van der Waals surface area contributed by atoms with Crippen LogP contribution in [0.3, 0.4) is 0 Å². The number of carbonyl (C=O) groups excluding carboxylic acids is 1. The molecule has 5 rings (SSSR count). The van der Waals surface area contributed by atoms with Gasteiger partial charge in [0.2, 0.25) is 19.7 Å². The summed E-state index contributed by atoms with van der Waals surface area (Å²) in [6.07, 6.45) is 3.78. The molecule has 4 aliphatic rings. The average molecular weight is 564 g/mol. The predicted octanol–water partition coefficient (Wildman–Crippen LogP) is 4.84. The molecular formula is C31H37NO7Si. The first-order chi connectivity index (χ1) is 18.7. The third-order valence-electron chi connectivity index (χ3n) is 9.41. The number of nitrogens with zero attached hydrogens (tertiary/aromatic N) is 1. The van der Waals surface area contributed by atoms with E-state index in [1.54, 1.807) is 18.2 Å². The second-order valence-electron chi connectivity index (χ2n) is 12.3. The molecule has 0 spiro atoms. The Morgan fingerprint density at radius 1 is 1.23 bits per heavy atom. The fourth-order valence-corrected chi connectivity index (χ4v) is 7.44. The highest BCUT2D eigenvalue weighted by atomic mass is 28.4. The molecule has 1 unspecified atom stereocenters. The summed E-state index contributed by atoms with van der Waals surface area (Å²) in [5.41, 5.74) is -3.63. The summed E-state index contributed by atoms with van der Waals surface area (Å²) >= 11 is 0. The summed E-state index contributed by atoms with van der Waals surface area (Å²) in [7, 11) is 0.724. The molecule has 40 heavy (non-hydrogen) atoms. The average Bonchev–Trinajstić information content (AvgIpc) is 3.62. The number of carbonyl (C=O) groups is 1. The zero-order chi connectivity index (χ0) is 29.4. The van der Waals surface area contributed by atoms with Gasteiger partial charge in [-0.3, -0.25) is 4.90 Å². The monoisotopic (exact) mass is 563 g/mol. The van der Waals surface area contributed by atoms with Crippen LogP contribution < -0.4 is 9.33 Å². The van der Waals surface area contributed by atoms with Gasteiger partial charge in [0, 0.05) is 26.2 Å². The van der Waals surface area contributed by atoms with Gasteiger partial charge < -0.3 is 28.5 Å². The maximum atomic E-state index is 13.5. The number of hydrogen-bond acceptors (Lipinski definition) is 7. The van der Waals surface area contributed by atoms with E-state index >= 15 is 0 Å². The lowest BCUT2D eigenvalue weighted by Crippen LogP contribution is -2.73. The van der Waals surface area contributed by atoms with Crippen LogP contribution in [-0.4, -0.2) is 56.8 Å². The van der Waals surface area contributed by atoms with Crippen LogP contribution in [0.25, 0.3) is 0 Å². The minimum atomic E-state index is -2.25. The van der Waals surface area contributed by atoms with Gasteiger partial charge in [0.1, 0.15) is 17.4 Å². The van der Waals surface area contributed by atoms with E-state index in [-0.39, 0.29) is 17.4 Å². The van der Waals surface area contributed by atoms with Gasteiger partial charge in [0.15, 0.2) is 5.60 Å². The van der Waals surface area contributed by atoms with Gasteiger partial charge in [-0.1, -0.05) is 58.0 Å². The second-order valence-corrected chi connectivity index (χ2v) is 17.0. The van der Waals surface area contributed by atoms with Crippen molar-refractivity contribution in [2.24, 2.45) is 5.92 Å². The molecule has 9 heteroatoms. The summed E-state index contributed by atoms with van der Waals surface area (Å²) in [5, 5.41) is 12.7. The van der Waals surface area contributed by atoms with E-state index in [9.17, 15) is 9.90 Å². The molecule has 212 valence electrons. The smallest absolute Gasteiger partial charge is 0.420 e. The van der Waals surface area contributed by atoms with Crippen LogP contribution in [0.15, 0.2) is 43.2 Å². The van der Waals surface area contributed by atoms with Crippen molar-refractivity contribution < 1.29 is 33.3 Å². The Kier molecular flexibility index (Phi) is 6.39. The number of rotatable bonds is 5. The van der Waals surface area contributed by atoms with E-state index in [2.05, 4.69) is 64.1 Å². The summed E-state index contributed by atoms with van der Waals surface area (Å²) < 4.78 is 30.7. The maximum absolute atomic E-state index is 13.5. The summed E-state index contributed by atoms with van der Waals surface area (Å²) in [6.45, 7) is 16.4. The van der Waals surface area contributed by atoms with Crippen molar-refractivity contribution in [2.75, 3.05) is 19.1 Å². The predicted molar refractivity (Wildman–Crippen MR) is 153 cm³/mol. The Hall–Kier alpha value is -3.05. The molecule has 8 nitrogen and oxygen atoms in total. The number of fused-ring (bicyclic) bond motifs is 1. The topological polar surface area (TPSA) is 90.0 Å². The van der Waals surface area contributed by atoms with Crippen LogP contribution >= 0.6 is 0 Å². The van der Waals surface area contributed by atoms with Crippen molar-refractivity contribution in [3.63, 3.8) is 0 Å². The number of benzene rings is 1. The second kappa shape index (κ2) is 8.97. The SMILES string of the molecule is C=COC(=O)N1c2ccc(O[Si](C)(C)C(C)(C)C)cc2[C@@]23O[C@@]24C1C#C/C=C\C#C[C@@]3(O)C(OC)(OC)C[C@@H]4C. The van der Waals surface area contributed by atoms with Crippen LogP contribution in [0.1, 0.15) is 39.7 Å². The summed E-state index contributed by atoms with van der Waals surface area (Å²) in [5.74, 6) is 11.0. The molecule has 1 saturated carbocycles. The Morgan fingerprint density at radius 2 is 1.90 bits per heavy atom. The molecule has 2 fully saturated rings. The number of aliphatic hydroxyl groups is 1. The molecule has 4 bridgehead atoms. The standard InChI is InChI=1S/C31H37NO7Si/c1-10-37-26(33)32-24-17-16-22(38-40(8,9)27(3,4)5)19-23(24)31-28(34)18-14-12-11-13-15-25(32)30(31,39-31)21(2)20-29(28,35-6)36-7/h10-12,16-17,19,21,25,34H,1,20H2,2-9H3/b12-11-/t21-,25?,28+,30-,31-/m0/s1. The van der Waals surface area contributed by atoms with Crippen molar-refractivity contribution in [2.45, 2.75) is 80.9 Å². The molecular weight excluding hydrogens is 526 g/mol. The molecule has 1 amide bonds. The summed E-state index contributed by atoms with van der Waals surface area (Å²) in [4.78, 5) is 15.0. The molecule has 1 saturated heterocycles. The molecule has 2 aliphatic carbocycles. The number of amides is 1. The number of ether oxygens (including phenoxy) is 4. The molecule has 2 aliphatic heterocycles. The quantitative estimate of drug-likeness (QED) is 0.180. The van der Waals surface area contributed by atoms with E-state index in [1.165, 1.54) is 19.1 Å². The van der Waals surface area contributed by atoms with Crippen molar-refractivity contribution in [3.05, 3.63) is 48.8 Å². The Balaban J connectivity index is 1.85. The van der Waals surface area contributed by atoms with Crippen molar-refractivity contribution in [1.29, 1.82) is 0 Å². The molecule has 2 heterocycles. The molecule has 5 atom stereocenters. The van der Waals surface area contributed by atoms with E-state index in [0.29, 0.717) is 17.0 Å². The van der Waals surface area contributed by atoms with Gasteiger partial charge in [-0.15, -0.1) is 0 Å². The fraction of sp³-hybridized carbons (Fsp3) is 0.516. The Labute approximate surface area is 237 Å². The number of allylic oxidation sites excluding steroid dienone is 2. The van der Waals surface area contributed by atoms with Gasteiger partial charge in [0.25, 0.3) is 0 Å². The Bertz CT molecular complexity index is 1420. The van der Waals surface area contributed by atoms with Crippen LogP contribution in [0, 0.1) is 29.6 Å². The minimum Gasteiger partial charge on any atom is -0.543 e. The van der Waals surface area contributed by atoms with Crippen molar-refractivity contribution in [1.82, 2.24) is 0 Å². The van der Waals surface area contributed by atoms with Gasteiger partial charge in [-0.05, 0) is 54.4 Å². The number of anilines is 1. The third-order valence-corrected chi connectivity index (χ3v) is 13.8. The lowest BCUT2D eigenvalue weighted by Gasteiger charge is -2.55. The zero-order valence-corrected chi connectivity index (χ0v) is 25.4. The van der Waals surface area contributed by atoms with Crippen LogP contribution in [0.2, 0.25) is 18.1 Å². The number of methoxy groups -OCH3 is 2. The van der Waals surface area contributed by atoms with Crippen LogP contribution in [-0.2, 0) is 24.5 Å². The van der Waals surface area contributed by atoms with E-state index in [0.717, 1.165) is 6.26 Å². The first-order valence-electron chi connectivity index (χ1n) is 13.4. The number of hydrogen-bond donors (Lipinski definition) is 1. The summed E-state index contributed by atoms with van der Waals surface area (Å²) in [6, 6.07) is 4.63. The lowest BCUT2D eigenvalue weighted by atomic mass is 9.55. The van der Waals surface area contributed by atoms with Gasteiger partial charge in [-0.2, -0.15) is 0 Å².